The number of anilines is 1. The summed E-state index contributed by atoms with van der Waals surface area (Å²) in [6, 6.07) is 7.37. The molecule has 4 heteroatoms. The topological polar surface area (TPSA) is 58.2 Å². The third-order valence-electron chi connectivity index (χ3n) is 3.62. The Hall–Kier alpha value is -1.84. The average molecular weight is 318 g/mol. The maximum atomic E-state index is 12.5. The molecule has 0 aliphatic rings. The highest BCUT2D eigenvalue weighted by Gasteiger charge is 2.24. The molecule has 0 radical (unpaired) electrons. The first-order chi connectivity index (χ1) is 10.8. The Morgan fingerprint density at radius 3 is 2.13 bits per heavy atom. The van der Waals surface area contributed by atoms with Gasteiger partial charge in [-0.1, -0.05) is 53.2 Å². The van der Waals surface area contributed by atoms with E-state index in [-0.39, 0.29) is 23.7 Å². The van der Waals surface area contributed by atoms with E-state index in [0.29, 0.717) is 6.42 Å². The van der Waals surface area contributed by atoms with Crippen LogP contribution in [0.2, 0.25) is 0 Å². The van der Waals surface area contributed by atoms with Crippen LogP contribution in [0.3, 0.4) is 0 Å². The summed E-state index contributed by atoms with van der Waals surface area (Å²) in [4.78, 5) is 24.4. The zero-order valence-electron chi connectivity index (χ0n) is 15.0. The van der Waals surface area contributed by atoms with Crippen molar-refractivity contribution in [2.24, 2.45) is 11.8 Å². The maximum Gasteiger partial charge on any atom is 0.247 e. The number of rotatable bonds is 8. The molecule has 0 aliphatic carbocycles. The van der Waals surface area contributed by atoms with Gasteiger partial charge in [0.2, 0.25) is 11.8 Å². The molecule has 0 saturated heterocycles. The zero-order valence-corrected chi connectivity index (χ0v) is 15.0. The van der Waals surface area contributed by atoms with Crippen LogP contribution in [0.1, 0.15) is 53.0 Å². The van der Waals surface area contributed by atoms with Gasteiger partial charge in [0.25, 0.3) is 0 Å². The van der Waals surface area contributed by atoms with Crippen molar-refractivity contribution >= 4 is 17.5 Å². The SMILES string of the molecule is CCCc1ccc(NC(=O)C(NC(=O)CC(C)C)C(C)C)cc1. The number of carbonyl (C=O) groups excluding carboxylic acids is 2. The lowest BCUT2D eigenvalue weighted by Crippen LogP contribution is -2.47. The van der Waals surface area contributed by atoms with Crippen LogP contribution in [0.25, 0.3) is 0 Å². The minimum atomic E-state index is -0.517. The summed E-state index contributed by atoms with van der Waals surface area (Å²) < 4.78 is 0. The number of benzene rings is 1. The second-order valence-corrected chi connectivity index (χ2v) is 6.82. The third-order valence-corrected chi connectivity index (χ3v) is 3.62. The van der Waals surface area contributed by atoms with Gasteiger partial charge in [-0.05, 0) is 36.0 Å². The summed E-state index contributed by atoms with van der Waals surface area (Å²) in [6.45, 7) is 9.99. The van der Waals surface area contributed by atoms with Crippen molar-refractivity contribution in [1.82, 2.24) is 5.32 Å². The molecule has 1 aromatic rings. The molecule has 2 amide bonds. The minimum absolute atomic E-state index is 0.0328. The van der Waals surface area contributed by atoms with Gasteiger partial charge >= 0.3 is 0 Å². The molecule has 0 spiro atoms. The van der Waals surface area contributed by atoms with Crippen molar-refractivity contribution in [2.45, 2.75) is 59.9 Å². The minimum Gasteiger partial charge on any atom is -0.344 e. The number of nitrogens with one attached hydrogen (secondary N) is 2. The van der Waals surface area contributed by atoms with Gasteiger partial charge < -0.3 is 10.6 Å². The van der Waals surface area contributed by atoms with Gasteiger partial charge in [0, 0.05) is 12.1 Å². The molecule has 1 atom stereocenters. The molecule has 1 aromatic carbocycles. The summed E-state index contributed by atoms with van der Waals surface area (Å²) in [5.74, 6) is 0.0648. The van der Waals surface area contributed by atoms with E-state index in [9.17, 15) is 9.59 Å². The van der Waals surface area contributed by atoms with Crippen molar-refractivity contribution < 1.29 is 9.59 Å². The standard InChI is InChI=1S/C19H30N2O2/c1-6-7-15-8-10-16(11-9-15)20-19(23)18(14(4)5)21-17(22)12-13(2)3/h8-11,13-14,18H,6-7,12H2,1-5H3,(H,20,23)(H,21,22). The second kappa shape index (κ2) is 9.33. The van der Waals surface area contributed by atoms with Crippen LogP contribution in [0.5, 0.6) is 0 Å². The van der Waals surface area contributed by atoms with Crippen LogP contribution in [0, 0.1) is 11.8 Å². The van der Waals surface area contributed by atoms with Gasteiger partial charge in [-0.3, -0.25) is 9.59 Å². The maximum absolute atomic E-state index is 12.5. The number of carbonyl (C=O) groups is 2. The predicted octanol–water partition coefficient (Wildman–Crippen LogP) is 3.76. The van der Waals surface area contributed by atoms with Crippen molar-refractivity contribution in [3.8, 4) is 0 Å². The fraction of sp³-hybridized carbons (Fsp3) is 0.579. The molecule has 0 fully saturated rings. The summed E-state index contributed by atoms with van der Waals surface area (Å²) in [7, 11) is 0. The number of aryl methyl sites for hydroxylation is 1. The van der Waals surface area contributed by atoms with Gasteiger partial charge in [-0.25, -0.2) is 0 Å². The number of hydrogen-bond acceptors (Lipinski definition) is 2. The van der Waals surface area contributed by atoms with Gasteiger partial charge in [0.1, 0.15) is 6.04 Å². The summed E-state index contributed by atoms with van der Waals surface area (Å²) in [6.07, 6.45) is 2.57. The van der Waals surface area contributed by atoms with Crippen LogP contribution in [-0.2, 0) is 16.0 Å². The lowest BCUT2D eigenvalue weighted by atomic mass is 10.0. The third kappa shape index (κ3) is 6.85. The monoisotopic (exact) mass is 318 g/mol. The van der Waals surface area contributed by atoms with E-state index in [4.69, 9.17) is 0 Å². The molecule has 4 nitrogen and oxygen atoms in total. The van der Waals surface area contributed by atoms with Gasteiger partial charge in [0.05, 0.1) is 0 Å². The zero-order chi connectivity index (χ0) is 17.4. The fourth-order valence-electron chi connectivity index (χ4n) is 2.40. The second-order valence-electron chi connectivity index (χ2n) is 6.82. The van der Waals surface area contributed by atoms with Gasteiger partial charge in [0.15, 0.2) is 0 Å². The number of hydrogen-bond donors (Lipinski definition) is 2. The molecule has 23 heavy (non-hydrogen) atoms. The normalized spacial score (nSPS) is 12.3. The Morgan fingerprint density at radius 1 is 1.04 bits per heavy atom. The Bertz CT molecular complexity index is 507. The highest BCUT2D eigenvalue weighted by molar-refractivity contribution is 5.97. The first kappa shape index (κ1) is 19.2. The first-order valence-electron chi connectivity index (χ1n) is 8.52. The van der Waals surface area contributed by atoms with Crippen LogP contribution in [0.15, 0.2) is 24.3 Å². The molecule has 0 saturated carbocycles. The smallest absolute Gasteiger partial charge is 0.247 e. The van der Waals surface area contributed by atoms with E-state index in [1.165, 1.54) is 5.56 Å². The highest BCUT2D eigenvalue weighted by atomic mass is 16.2. The molecule has 0 bridgehead atoms. The van der Waals surface area contributed by atoms with E-state index in [1.54, 1.807) is 0 Å². The van der Waals surface area contributed by atoms with Crippen LogP contribution in [0.4, 0.5) is 5.69 Å². The van der Waals surface area contributed by atoms with Gasteiger partial charge in [-0.15, -0.1) is 0 Å². The Kier molecular flexibility index (Phi) is 7.79. The van der Waals surface area contributed by atoms with E-state index in [2.05, 4.69) is 17.6 Å². The summed E-state index contributed by atoms with van der Waals surface area (Å²) >= 11 is 0. The Balaban J connectivity index is 2.68. The van der Waals surface area contributed by atoms with Crippen molar-refractivity contribution in [3.63, 3.8) is 0 Å². The lowest BCUT2D eigenvalue weighted by molar-refractivity contribution is -0.127. The first-order valence-corrected chi connectivity index (χ1v) is 8.52. The quantitative estimate of drug-likeness (QED) is 0.766. The molecule has 0 aliphatic heterocycles. The fourth-order valence-corrected chi connectivity index (χ4v) is 2.40. The molecule has 1 rings (SSSR count). The molecule has 2 N–H and O–H groups in total. The Labute approximate surface area is 140 Å². The molecular weight excluding hydrogens is 288 g/mol. The van der Waals surface area contributed by atoms with E-state index in [0.717, 1.165) is 18.5 Å². The van der Waals surface area contributed by atoms with Crippen molar-refractivity contribution in [2.75, 3.05) is 5.32 Å². The summed E-state index contributed by atoms with van der Waals surface area (Å²) in [5.41, 5.74) is 2.02. The van der Waals surface area contributed by atoms with Crippen LogP contribution < -0.4 is 10.6 Å². The molecule has 0 heterocycles. The molecule has 0 aromatic heterocycles. The molecule has 1 unspecified atom stereocenters. The highest BCUT2D eigenvalue weighted by Crippen LogP contribution is 2.13. The average Bonchev–Trinajstić information content (AvgIpc) is 2.46. The number of amides is 2. The summed E-state index contributed by atoms with van der Waals surface area (Å²) in [5, 5.41) is 5.75. The lowest BCUT2D eigenvalue weighted by Gasteiger charge is -2.22. The van der Waals surface area contributed by atoms with Crippen molar-refractivity contribution in [3.05, 3.63) is 29.8 Å². The predicted molar refractivity (Wildman–Crippen MR) is 95.3 cm³/mol. The van der Waals surface area contributed by atoms with Crippen molar-refractivity contribution in [1.29, 1.82) is 0 Å². The van der Waals surface area contributed by atoms with E-state index >= 15 is 0 Å². The largest absolute Gasteiger partial charge is 0.344 e. The van der Waals surface area contributed by atoms with Crippen LogP contribution >= 0.6 is 0 Å². The Morgan fingerprint density at radius 2 is 1.65 bits per heavy atom. The van der Waals surface area contributed by atoms with E-state index in [1.807, 2.05) is 52.0 Å². The molecule has 128 valence electrons. The van der Waals surface area contributed by atoms with Gasteiger partial charge in [-0.2, -0.15) is 0 Å². The van der Waals surface area contributed by atoms with Crippen LogP contribution in [-0.4, -0.2) is 17.9 Å². The molecular formula is C19H30N2O2. The van der Waals surface area contributed by atoms with E-state index < -0.39 is 6.04 Å².